The number of amides is 1. The summed E-state index contributed by atoms with van der Waals surface area (Å²) >= 11 is 1.52. The summed E-state index contributed by atoms with van der Waals surface area (Å²) < 4.78 is 12.5. The molecule has 0 saturated heterocycles. The number of rotatable bonds is 7. The van der Waals surface area contributed by atoms with Gasteiger partial charge in [-0.3, -0.25) is 4.79 Å². The van der Waals surface area contributed by atoms with Gasteiger partial charge in [-0.15, -0.1) is 16.4 Å². The summed E-state index contributed by atoms with van der Waals surface area (Å²) in [6.45, 7) is 0.519. The van der Waals surface area contributed by atoms with Crippen LogP contribution in [0.3, 0.4) is 0 Å². The van der Waals surface area contributed by atoms with Gasteiger partial charge in [0, 0.05) is 29.5 Å². The predicted molar refractivity (Wildman–Crippen MR) is 112 cm³/mol. The van der Waals surface area contributed by atoms with Crippen LogP contribution < -0.4 is 14.8 Å². The van der Waals surface area contributed by atoms with Gasteiger partial charge >= 0.3 is 0 Å². The minimum Gasteiger partial charge on any atom is -0.493 e. The first kappa shape index (κ1) is 18.9. The maximum Gasteiger partial charge on any atom is 0.251 e. The zero-order valence-corrected chi connectivity index (χ0v) is 16.9. The van der Waals surface area contributed by atoms with Crippen LogP contribution in [0.5, 0.6) is 11.5 Å². The van der Waals surface area contributed by atoms with Gasteiger partial charge in [0.05, 0.1) is 19.9 Å². The molecule has 0 radical (unpaired) electrons. The highest BCUT2D eigenvalue weighted by Gasteiger charge is 2.14. The monoisotopic (exact) mass is 408 g/mol. The highest BCUT2D eigenvalue weighted by atomic mass is 32.1. The fourth-order valence-electron chi connectivity index (χ4n) is 2.99. The molecule has 8 heteroatoms. The largest absolute Gasteiger partial charge is 0.493 e. The maximum atomic E-state index is 12.2. The molecule has 0 aliphatic carbocycles. The zero-order chi connectivity index (χ0) is 20.2. The summed E-state index contributed by atoms with van der Waals surface area (Å²) in [4.78, 5) is 17.6. The van der Waals surface area contributed by atoms with Crippen LogP contribution in [0.2, 0.25) is 0 Å². The average molecular weight is 408 g/mol. The first-order valence-electron chi connectivity index (χ1n) is 9.08. The Kier molecular flexibility index (Phi) is 5.44. The van der Waals surface area contributed by atoms with E-state index in [1.807, 2.05) is 46.3 Å². The number of nitrogens with zero attached hydrogens (tertiary/aromatic N) is 3. The molecule has 1 N–H and O–H groups in total. The zero-order valence-electron chi connectivity index (χ0n) is 16.1. The second-order valence-corrected chi connectivity index (χ2v) is 7.14. The third-order valence-corrected chi connectivity index (χ3v) is 5.36. The Morgan fingerprint density at radius 1 is 1.10 bits per heavy atom. The summed E-state index contributed by atoms with van der Waals surface area (Å²) in [5, 5.41) is 9.59. The van der Waals surface area contributed by atoms with E-state index < -0.39 is 0 Å². The molecule has 0 spiro atoms. The molecule has 4 rings (SSSR count). The van der Waals surface area contributed by atoms with Crippen LogP contribution in [0.4, 0.5) is 0 Å². The Balaban J connectivity index is 1.48. The molecule has 2 aromatic heterocycles. The normalized spacial score (nSPS) is 10.8. The Hall–Kier alpha value is -3.39. The van der Waals surface area contributed by atoms with Crippen molar-refractivity contribution in [3.05, 3.63) is 65.2 Å². The van der Waals surface area contributed by atoms with Crippen LogP contribution in [-0.2, 0) is 6.42 Å². The van der Waals surface area contributed by atoms with Crippen molar-refractivity contribution in [2.24, 2.45) is 0 Å². The number of carbonyl (C=O) groups is 1. The first-order valence-corrected chi connectivity index (χ1v) is 9.96. The van der Waals surface area contributed by atoms with E-state index in [1.165, 1.54) is 11.3 Å². The smallest absolute Gasteiger partial charge is 0.251 e. The van der Waals surface area contributed by atoms with Crippen molar-refractivity contribution in [3.63, 3.8) is 0 Å². The topological polar surface area (TPSA) is 77.8 Å². The Bertz CT molecular complexity index is 1140. The third-order valence-electron chi connectivity index (χ3n) is 4.49. The standard InChI is InChI=1S/C21H20N4O3S/c1-27-17-9-8-15(12-18(17)28-2)19-23-21-25(24-19)16(13-29-21)10-11-22-20(26)14-6-4-3-5-7-14/h3-9,12-13H,10-11H2,1-2H3,(H,22,26). The van der Waals surface area contributed by atoms with Gasteiger partial charge in [0.1, 0.15) is 0 Å². The number of methoxy groups -OCH3 is 2. The minimum atomic E-state index is -0.0818. The van der Waals surface area contributed by atoms with E-state index in [2.05, 4.69) is 15.4 Å². The number of hydrogen-bond acceptors (Lipinski definition) is 6. The number of nitrogens with one attached hydrogen (secondary N) is 1. The lowest BCUT2D eigenvalue weighted by Gasteiger charge is -2.07. The van der Waals surface area contributed by atoms with Gasteiger partial charge in [-0.05, 0) is 30.3 Å². The van der Waals surface area contributed by atoms with Crippen molar-refractivity contribution in [2.75, 3.05) is 20.8 Å². The van der Waals surface area contributed by atoms with Gasteiger partial charge in [-0.1, -0.05) is 18.2 Å². The van der Waals surface area contributed by atoms with Gasteiger partial charge in [0.25, 0.3) is 5.91 Å². The molecule has 0 saturated carbocycles. The second kappa shape index (κ2) is 8.32. The highest BCUT2D eigenvalue weighted by Crippen LogP contribution is 2.31. The van der Waals surface area contributed by atoms with E-state index in [0.717, 1.165) is 16.2 Å². The van der Waals surface area contributed by atoms with Crippen molar-refractivity contribution < 1.29 is 14.3 Å². The number of ether oxygens (including phenoxy) is 2. The van der Waals surface area contributed by atoms with E-state index >= 15 is 0 Å². The van der Waals surface area contributed by atoms with Crippen LogP contribution in [-0.4, -0.2) is 41.3 Å². The lowest BCUT2D eigenvalue weighted by molar-refractivity contribution is 0.0954. The molecule has 2 aromatic carbocycles. The fraction of sp³-hybridized carbons (Fsp3) is 0.190. The van der Waals surface area contributed by atoms with Gasteiger partial charge in [-0.25, -0.2) is 4.52 Å². The van der Waals surface area contributed by atoms with Crippen molar-refractivity contribution >= 4 is 22.2 Å². The number of fused-ring (bicyclic) bond motifs is 1. The summed E-state index contributed by atoms with van der Waals surface area (Å²) in [5.74, 6) is 1.83. The van der Waals surface area contributed by atoms with Crippen molar-refractivity contribution in [1.29, 1.82) is 0 Å². The number of aromatic nitrogens is 3. The third kappa shape index (κ3) is 3.93. The minimum absolute atomic E-state index is 0.0818. The van der Waals surface area contributed by atoms with Crippen LogP contribution in [0.15, 0.2) is 53.9 Å². The molecule has 148 valence electrons. The maximum absolute atomic E-state index is 12.2. The van der Waals surface area contributed by atoms with Gasteiger partial charge < -0.3 is 14.8 Å². The molecule has 0 aliphatic heterocycles. The van der Waals surface area contributed by atoms with Crippen LogP contribution in [0.25, 0.3) is 16.3 Å². The van der Waals surface area contributed by atoms with Crippen LogP contribution in [0, 0.1) is 0 Å². The summed E-state index contributed by atoms with van der Waals surface area (Å²) in [6, 6.07) is 14.8. The van der Waals surface area contributed by atoms with E-state index in [9.17, 15) is 4.79 Å². The molecule has 0 unspecified atom stereocenters. The van der Waals surface area contributed by atoms with E-state index in [4.69, 9.17) is 9.47 Å². The molecule has 2 heterocycles. The molecular weight excluding hydrogens is 388 g/mol. The summed E-state index contributed by atoms with van der Waals surface area (Å²) in [7, 11) is 3.20. The average Bonchev–Trinajstić information content (AvgIpc) is 3.35. The fourth-order valence-corrected chi connectivity index (χ4v) is 3.85. The SMILES string of the molecule is COc1ccc(-c2nc3scc(CCNC(=O)c4ccccc4)n3n2)cc1OC. The summed E-state index contributed by atoms with van der Waals surface area (Å²) in [5.41, 5.74) is 2.50. The molecule has 1 amide bonds. The lowest BCUT2D eigenvalue weighted by Crippen LogP contribution is -2.25. The second-order valence-electron chi connectivity index (χ2n) is 6.30. The quantitative estimate of drug-likeness (QED) is 0.507. The number of thiazole rings is 1. The van der Waals surface area contributed by atoms with Crippen molar-refractivity contribution in [1.82, 2.24) is 19.9 Å². The molecule has 0 atom stereocenters. The van der Waals surface area contributed by atoms with E-state index in [0.29, 0.717) is 35.9 Å². The van der Waals surface area contributed by atoms with Crippen molar-refractivity contribution in [3.8, 4) is 22.9 Å². The lowest BCUT2D eigenvalue weighted by atomic mass is 10.2. The Morgan fingerprint density at radius 3 is 2.66 bits per heavy atom. The van der Waals surface area contributed by atoms with E-state index in [-0.39, 0.29) is 5.91 Å². The highest BCUT2D eigenvalue weighted by molar-refractivity contribution is 7.15. The summed E-state index contributed by atoms with van der Waals surface area (Å²) in [6.07, 6.45) is 0.660. The molecule has 0 aliphatic rings. The number of carbonyl (C=O) groups excluding carboxylic acids is 1. The predicted octanol–water partition coefficient (Wildman–Crippen LogP) is 3.45. The molecular formula is C21H20N4O3S. The number of hydrogen-bond donors (Lipinski definition) is 1. The van der Waals surface area contributed by atoms with Crippen LogP contribution >= 0.6 is 11.3 Å². The van der Waals surface area contributed by atoms with Gasteiger partial charge in [-0.2, -0.15) is 4.98 Å². The van der Waals surface area contributed by atoms with Gasteiger partial charge in [0.2, 0.25) is 4.96 Å². The molecule has 7 nitrogen and oxygen atoms in total. The van der Waals surface area contributed by atoms with E-state index in [1.54, 1.807) is 26.4 Å². The molecule has 0 fully saturated rings. The van der Waals surface area contributed by atoms with Crippen molar-refractivity contribution in [2.45, 2.75) is 6.42 Å². The Morgan fingerprint density at radius 2 is 1.90 bits per heavy atom. The number of benzene rings is 2. The Labute approximate surface area is 171 Å². The molecule has 0 bridgehead atoms. The van der Waals surface area contributed by atoms with Crippen LogP contribution in [0.1, 0.15) is 16.1 Å². The molecule has 4 aromatic rings. The molecule has 29 heavy (non-hydrogen) atoms. The van der Waals surface area contributed by atoms with Gasteiger partial charge in [0.15, 0.2) is 17.3 Å². The first-order chi connectivity index (χ1) is 14.2.